The smallest absolute Gasteiger partial charge is 0.262 e. The number of rotatable bonds is 3. The Morgan fingerprint density at radius 2 is 1.96 bits per heavy atom. The molecule has 0 aliphatic heterocycles. The number of benzene rings is 1. The van der Waals surface area contributed by atoms with Gasteiger partial charge in [0.1, 0.15) is 29.1 Å². The molecule has 0 bridgehead atoms. The van der Waals surface area contributed by atoms with Gasteiger partial charge in [0.05, 0.1) is 5.69 Å². The van der Waals surface area contributed by atoms with Gasteiger partial charge in [-0.3, -0.25) is 9.48 Å². The van der Waals surface area contributed by atoms with E-state index in [1.165, 1.54) is 23.0 Å². The second-order valence-corrected chi connectivity index (χ2v) is 5.13. The van der Waals surface area contributed by atoms with E-state index in [0.29, 0.717) is 11.3 Å². The lowest BCUT2D eigenvalue weighted by atomic mass is 10.1. The van der Waals surface area contributed by atoms with E-state index in [4.69, 9.17) is 5.26 Å². The number of carbonyl (C=O) groups is 1. The molecule has 1 N–H and O–H groups in total. The van der Waals surface area contributed by atoms with Gasteiger partial charge in [-0.05, 0) is 24.3 Å². The zero-order valence-corrected chi connectivity index (χ0v) is 13.0. The third-order valence-corrected chi connectivity index (χ3v) is 3.49. The minimum Gasteiger partial charge on any atom is -0.306 e. The Bertz CT molecular complexity index is 969. The van der Waals surface area contributed by atoms with Gasteiger partial charge in [-0.15, -0.1) is 0 Å². The average Bonchev–Trinajstić information content (AvgIpc) is 2.96. The summed E-state index contributed by atoms with van der Waals surface area (Å²) in [4.78, 5) is 16.1. The first-order valence-corrected chi connectivity index (χ1v) is 7.15. The molecule has 0 saturated carbocycles. The van der Waals surface area contributed by atoms with Crippen molar-refractivity contribution in [2.75, 3.05) is 5.32 Å². The van der Waals surface area contributed by atoms with Crippen LogP contribution in [0, 0.1) is 23.0 Å². The average molecular weight is 339 g/mol. The fraction of sp³-hybridized carbons (Fsp3) is 0.0588. The van der Waals surface area contributed by atoms with Crippen molar-refractivity contribution in [1.29, 1.82) is 5.26 Å². The normalized spacial score (nSPS) is 10.3. The van der Waals surface area contributed by atoms with E-state index >= 15 is 0 Å². The molecule has 1 amide bonds. The van der Waals surface area contributed by atoms with Crippen LogP contribution in [0.25, 0.3) is 11.3 Å². The van der Waals surface area contributed by atoms with Crippen molar-refractivity contribution in [1.82, 2.24) is 14.8 Å². The first-order chi connectivity index (χ1) is 12.0. The number of aryl methyl sites for hydroxylation is 1. The number of amides is 1. The summed E-state index contributed by atoms with van der Waals surface area (Å²) in [5.41, 5.74) is 0.942. The summed E-state index contributed by atoms with van der Waals surface area (Å²) in [7, 11) is 1.69. The Morgan fingerprint density at radius 3 is 2.52 bits per heavy atom. The maximum Gasteiger partial charge on any atom is 0.262 e. The molecule has 6 nitrogen and oxygen atoms in total. The molecular formula is C17H11F2N5O. The molecule has 2 aromatic heterocycles. The molecule has 0 radical (unpaired) electrons. The molecule has 3 aromatic rings. The molecule has 124 valence electrons. The van der Waals surface area contributed by atoms with Crippen LogP contribution in [0.2, 0.25) is 0 Å². The van der Waals surface area contributed by atoms with Crippen LogP contribution < -0.4 is 5.32 Å². The first-order valence-electron chi connectivity index (χ1n) is 7.15. The Hall–Kier alpha value is -3.60. The van der Waals surface area contributed by atoms with Crippen molar-refractivity contribution in [3.05, 3.63) is 65.5 Å². The molecule has 25 heavy (non-hydrogen) atoms. The van der Waals surface area contributed by atoms with Gasteiger partial charge in [-0.1, -0.05) is 6.07 Å². The minimum absolute atomic E-state index is 0.138. The van der Waals surface area contributed by atoms with Gasteiger partial charge in [0.25, 0.3) is 5.91 Å². The highest BCUT2D eigenvalue weighted by atomic mass is 19.1. The number of anilines is 1. The molecule has 0 aliphatic rings. The van der Waals surface area contributed by atoms with Gasteiger partial charge in [0.2, 0.25) is 0 Å². The quantitative estimate of drug-likeness (QED) is 0.795. The zero-order chi connectivity index (χ0) is 18.0. The molecule has 0 unspecified atom stereocenters. The van der Waals surface area contributed by atoms with E-state index in [-0.39, 0.29) is 11.5 Å². The molecule has 0 spiro atoms. The zero-order valence-electron chi connectivity index (χ0n) is 13.0. The maximum atomic E-state index is 13.6. The standard InChI is InChI=1S/C17H11F2N5O/c1-24-14(7-11(8-20)23-24)10-5-6-15(21-9-10)22-17(25)16-12(18)3-2-4-13(16)19/h2-7,9H,1H3,(H,21,22,25). The first kappa shape index (κ1) is 16.3. The van der Waals surface area contributed by atoms with Crippen molar-refractivity contribution in [2.24, 2.45) is 7.05 Å². The SMILES string of the molecule is Cn1nc(C#N)cc1-c1ccc(NC(=O)c2c(F)cccc2F)nc1. The Labute approximate surface area is 141 Å². The molecule has 0 aliphatic carbocycles. The summed E-state index contributed by atoms with van der Waals surface area (Å²) in [5, 5.41) is 15.2. The van der Waals surface area contributed by atoms with Gasteiger partial charge in [0.15, 0.2) is 5.69 Å². The summed E-state index contributed by atoms with van der Waals surface area (Å²) in [5.74, 6) is -2.69. The molecule has 0 fully saturated rings. The van der Waals surface area contributed by atoms with Gasteiger partial charge in [-0.2, -0.15) is 10.4 Å². The van der Waals surface area contributed by atoms with Crippen LogP contribution in [-0.2, 0) is 7.05 Å². The highest BCUT2D eigenvalue weighted by molar-refractivity contribution is 6.04. The molecule has 3 rings (SSSR count). The molecule has 0 saturated heterocycles. The predicted molar refractivity (Wildman–Crippen MR) is 85.5 cm³/mol. The van der Waals surface area contributed by atoms with Crippen LogP contribution in [0.15, 0.2) is 42.6 Å². The second kappa shape index (κ2) is 6.49. The minimum atomic E-state index is -0.951. The van der Waals surface area contributed by atoms with Crippen molar-refractivity contribution < 1.29 is 13.6 Å². The highest BCUT2D eigenvalue weighted by Crippen LogP contribution is 2.21. The number of hydrogen-bond donors (Lipinski definition) is 1. The number of halogens is 2. The topological polar surface area (TPSA) is 83.6 Å². The number of pyridine rings is 1. The highest BCUT2D eigenvalue weighted by Gasteiger charge is 2.17. The number of nitriles is 1. The summed E-state index contributed by atoms with van der Waals surface area (Å²) in [6.45, 7) is 0. The lowest BCUT2D eigenvalue weighted by Crippen LogP contribution is -2.16. The predicted octanol–water partition coefficient (Wildman–Crippen LogP) is 2.88. The number of carbonyl (C=O) groups excluding carboxylic acids is 1. The van der Waals surface area contributed by atoms with Crippen molar-refractivity contribution in [2.45, 2.75) is 0 Å². The lowest BCUT2D eigenvalue weighted by molar-refractivity contribution is 0.101. The van der Waals surface area contributed by atoms with Crippen molar-refractivity contribution in [3.63, 3.8) is 0 Å². The maximum absolute atomic E-state index is 13.6. The van der Waals surface area contributed by atoms with Gasteiger partial charge < -0.3 is 5.32 Å². The molecular weight excluding hydrogens is 328 g/mol. The molecule has 0 atom stereocenters. The van der Waals surface area contributed by atoms with Crippen LogP contribution in [0.1, 0.15) is 16.1 Å². The number of nitrogens with one attached hydrogen (secondary N) is 1. The Morgan fingerprint density at radius 1 is 1.24 bits per heavy atom. The van der Waals surface area contributed by atoms with Crippen molar-refractivity contribution >= 4 is 11.7 Å². The van der Waals surface area contributed by atoms with Crippen molar-refractivity contribution in [3.8, 4) is 17.3 Å². The van der Waals surface area contributed by atoms with E-state index < -0.39 is 23.1 Å². The largest absolute Gasteiger partial charge is 0.306 e. The van der Waals surface area contributed by atoms with E-state index in [2.05, 4.69) is 15.4 Å². The van der Waals surface area contributed by atoms with Crippen LogP contribution in [0.5, 0.6) is 0 Å². The van der Waals surface area contributed by atoms with Gasteiger partial charge in [-0.25, -0.2) is 13.8 Å². The van der Waals surface area contributed by atoms with Crippen LogP contribution >= 0.6 is 0 Å². The molecule has 1 aromatic carbocycles. The third kappa shape index (κ3) is 3.21. The Balaban J connectivity index is 1.82. The summed E-state index contributed by atoms with van der Waals surface area (Å²) in [6, 6.07) is 9.87. The van der Waals surface area contributed by atoms with E-state index in [9.17, 15) is 13.6 Å². The fourth-order valence-corrected chi connectivity index (χ4v) is 2.30. The number of nitrogens with zero attached hydrogens (tertiary/aromatic N) is 4. The fourth-order valence-electron chi connectivity index (χ4n) is 2.30. The van der Waals surface area contributed by atoms with Crippen LogP contribution in [0.3, 0.4) is 0 Å². The second-order valence-electron chi connectivity index (χ2n) is 5.13. The number of aromatic nitrogens is 3. The summed E-state index contributed by atoms with van der Waals surface area (Å²) >= 11 is 0. The molecule has 2 heterocycles. The van der Waals surface area contributed by atoms with E-state index in [1.54, 1.807) is 19.2 Å². The summed E-state index contributed by atoms with van der Waals surface area (Å²) < 4.78 is 28.8. The van der Waals surface area contributed by atoms with Gasteiger partial charge >= 0.3 is 0 Å². The van der Waals surface area contributed by atoms with E-state index in [1.807, 2.05) is 6.07 Å². The Kier molecular flexibility index (Phi) is 4.22. The lowest BCUT2D eigenvalue weighted by Gasteiger charge is -2.07. The summed E-state index contributed by atoms with van der Waals surface area (Å²) in [6.07, 6.45) is 1.46. The monoisotopic (exact) mass is 339 g/mol. The van der Waals surface area contributed by atoms with E-state index in [0.717, 1.165) is 12.1 Å². The van der Waals surface area contributed by atoms with Gasteiger partial charge in [0, 0.05) is 24.9 Å². The van der Waals surface area contributed by atoms with Crippen LogP contribution in [-0.4, -0.2) is 20.7 Å². The molecule has 8 heteroatoms. The third-order valence-electron chi connectivity index (χ3n) is 3.49. The number of hydrogen-bond acceptors (Lipinski definition) is 4. The van der Waals surface area contributed by atoms with Crippen LogP contribution in [0.4, 0.5) is 14.6 Å².